The van der Waals surface area contributed by atoms with E-state index in [4.69, 9.17) is 4.74 Å². The van der Waals surface area contributed by atoms with Crippen LogP contribution in [0.5, 0.6) is 0 Å². The Bertz CT molecular complexity index is 391. The van der Waals surface area contributed by atoms with Crippen molar-refractivity contribution in [2.24, 2.45) is 0 Å². The van der Waals surface area contributed by atoms with Crippen LogP contribution < -0.4 is 5.32 Å². The van der Waals surface area contributed by atoms with Crippen LogP contribution in [-0.2, 0) is 4.74 Å². The minimum atomic E-state index is -0.472. The van der Waals surface area contributed by atoms with Crippen molar-refractivity contribution in [2.45, 2.75) is 45.1 Å². The molecule has 0 atom stereocenters. The summed E-state index contributed by atoms with van der Waals surface area (Å²) in [6, 6.07) is 0. The average Bonchev–Trinajstić information content (AvgIpc) is 2.85. The van der Waals surface area contributed by atoms with Gasteiger partial charge < -0.3 is 4.74 Å². The zero-order valence-corrected chi connectivity index (χ0v) is 10.6. The zero-order chi connectivity index (χ0) is 11.8. The lowest BCUT2D eigenvalue weighted by atomic mass is 10.2. The van der Waals surface area contributed by atoms with Gasteiger partial charge in [0.2, 0.25) is 0 Å². The average molecular weight is 240 g/mol. The molecule has 1 aliphatic carbocycles. The van der Waals surface area contributed by atoms with Crippen LogP contribution in [0.4, 0.5) is 9.93 Å². The lowest BCUT2D eigenvalue weighted by molar-refractivity contribution is 0.0636. The molecular weight excluding hydrogens is 224 g/mol. The van der Waals surface area contributed by atoms with Gasteiger partial charge in [0.25, 0.3) is 0 Å². The predicted octanol–water partition coefficient (Wildman–Crippen LogP) is 3.37. The molecule has 16 heavy (non-hydrogen) atoms. The van der Waals surface area contributed by atoms with Gasteiger partial charge in [-0.3, -0.25) is 5.32 Å². The number of carbonyl (C=O) groups excluding carboxylic acids is 1. The minimum Gasteiger partial charge on any atom is -0.444 e. The molecule has 1 saturated carbocycles. The Morgan fingerprint density at radius 3 is 2.81 bits per heavy atom. The van der Waals surface area contributed by atoms with E-state index in [1.807, 2.05) is 26.2 Å². The van der Waals surface area contributed by atoms with Crippen LogP contribution in [0.25, 0.3) is 0 Å². The van der Waals surface area contributed by atoms with E-state index in [-0.39, 0.29) is 0 Å². The molecule has 4 nitrogen and oxygen atoms in total. The molecule has 0 aliphatic heterocycles. The SMILES string of the molecule is CC(C)(C)OC(=O)Nc1nc(C2CC2)cs1. The molecule has 1 fully saturated rings. The molecule has 0 radical (unpaired) electrons. The second-order valence-corrected chi connectivity index (χ2v) is 5.84. The maximum absolute atomic E-state index is 11.5. The van der Waals surface area contributed by atoms with Crippen LogP contribution in [0.2, 0.25) is 0 Å². The van der Waals surface area contributed by atoms with E-state index in [0.29, 0.717) is 11.0 Å². The Kier molecular flexibility index (Phi) is 2.88. The van der Waals surface area contributed by atoms with Crippen LogP contribution >= 0.6 is 11.3 Å². The van der Waals surface area contributed by atoms with Crippen molar-refractivity contribution in [1.82, 2.24) is 4.98 Å². The highest BCUT2D eigenvalue weighted by atomic mass is 32.1. The molecule has 1 heterocycles. The van der Waals surface area contributed by atoms with Gasteiger partial charge in [-0.15, -0.1) is 11.3 Å². The van der Waals surface area contributed by atoms with Gasteiger partial charge in [0.05, 0.1) is 5.69 Å². The summed E-state index contributed by atoms with van der Waals surface area (Å²) >= 11 is 1.45. The molecule has 1 aromatic heterocycles. The van der Waals surface area contributed by atoms with Crippen LogP contribution in [0, 0.1) is 0 Å². The van der Waals surface area contributed by atoms with E-state index in [9.17, 15) is 4.79 Å². The number of carbonyl (C=O) groups is 1. The Balaban J connectivity index is 1.90. The summed E-state index contributed by atoms with van der Waals surface area (Å²) in [7, 11) is 0. The van der Waals surface area contributed by atoms with Crippen molar-refractivity contribution in [3.05, 3.63) is 11.1 Å². The molecule has 1 aliphatic rings. The van der Waals surface area contributed by atoms with Crippen LogP contribution in [0.3, 0.4) is 0 Å². The highest BCUT2D eigenvalue weighted by Crippen LogP contribution is 2.40. The molecule has 5 heteroatoms. The van der Waals surface area contributed by atoms with Gasteiger partial charge in [-0.1, -0.05) is 0 Å². The number of anilines is 1. The second kappa shape index (κ2) is 4.05. The first-order valence-corrected chi connectivity index (χ1v) is 6.27. The number of ether oxygens (including phenoxy) is 1. The molecule has 1 amide bonds. The largest absolute Gasteiger partial charge is 0.444 e. The summed E-state index contributed by atoms with van der Waals surface area (Å²) in [4.78, 5) is 15.8. The fraction of sp³-hybridized carbons (Fsp3) is 0.636. The van der Waals surface area contributed by atoms with Gasteiger partial charge in [-0.2, -0.15) is 0 Å². The number of amides is 1. The van der Waals surface area contributed by atoms with Crippen molar-refractivity contribution < 1.29 is 9.53 Å². The third kappa shape index (κ3) is 3.20. The van der Waals surface area contributed by atoms with E-state index < -0.39 is 11.7 Å². The maximum Gasteiger partial charge on any atom is 0.413 e. The number of nitrogens with one attached hydrogen (secondary N) is 1. The van der Waals surface area contributed by atoms with Crippen molar-refractivity contribution in [1.29, 1.82) is 0 Å². The van der Waals surface area contributed by atoms with Crippen molar-refractivity contribution in [2.75, 3.05) is 5.32 Å². The molecule has 0 saturated heterocycles. The molecule has 0 aromatic carbocycles. The van der Waals surface area contributed by atoms with Crippen LogP contribution in [0.1, 0.15) is 45.2 Å². The van der Waals surface area contributed by atoms with E-state index >= 15 is 0 Å². The van der Waals surface area contributed by atoms with Crippen molar-refractivity contribution in [3.63, 3.8) is 0 Å². The molecular formula is C11H16N2O2S. The number of thiazole rings is 1. The van der Waals surface area contributed by atoms with Gasteiger partial charge >= 0.3 is 6.09 Å². The molecule has 0 spiro atoms. The topological polar surface area (TPSA) is 51.2 Å². The zero-order valence-electron chi connectivity index (χ0n) is 9.74. The summed E-state index contributed by atoms with van der Waals surface area (Å²) in [6.07, 6.45) is 2.00. The van der Waals surface area contributed by atoms with Crippen LogP contribution in [-0.4, -0.2) is 16.7 Å². The first kappa shape index (κ1) is 11.4. The second-order valence-electron chi connectivity index (χ2n) is 4.98. The first-order chi connectivity index (χ1) is 7.44. The van der Waals surface area contributed by atoms with Gasteiger partial charge in [-0.25, -0.2) is 9.78 Å². The Labute approximate surface area is 99.0 Å². The molecule has 88 valence electrons. The number of rotatable bonds is 2. The van der Waals surface area contributed by atoms with Crippen molar-refractivity contribution >= 4 is 22.6 Å². The Morgan fingerprint density at radius 2 is 2.25 bits per heavy atom. The first-order valence-electron chi connectivity index (χ1n) is 5.39. The Hall–Kier alpha value is -1.10. The van der Waals surface area contributed by atoms with Gasteiger partial charge in [0.15, 0.2) is 5.13 Å². The molecule has 1 N–H and O–H groups in total. The van der Waals surface area contributed by atoms with E-state index in [2.05, 4.69) is 10.3 Å². The summed E-state index contributed by atoms with van der Waals surface area (Å²) in [5, 5.41) is 5.27. The van der Waals surface area contributed by atoms with E-state index in [1.165, 1.54) is 24.2 Å². The summed E-state index contributed by atoms with van der Waals surface area (Å²) < 4.78 is 5.14. The minimum absolute atomic E-state index is 0.441. The number of hydrogen-bond acceptors (Lipinski definition) is 4. The quantitative estimate of drug-likeness (QED) is 0.862. The Morgan fingerprint density at radius 1 is 1.56 bits per heavy atom. The summed E-state index contributed by atoms with van der Waals surface area (Å²) in [5.41, 5.74) is 0.622. The predicted molar refractivity (Wildman–Crippen MR) is 63.9 cm³/mol. The normalized spacial score (nSPS) is 15.9. The lowest BCUT2D eigenvalue weighted by Crippen LogP contribution is -2.27. The lowest BCUT2D eigenvalue weighted by Gasteiger charge is -2.18. The maximum atomic E-state index is 11.5. The van der Waals surface area contributed by atoms with Gasteiger partial charge in [0.1, 0.15) is 5.60 Å². The smallest absolute Gasteiger partial charge is 0.413 e. The number of hydrogen-bond donors (Lipinski definition) is 1. The van der Waals surface area contributed by atoms with Crippen LogP contribution in [0.15, 0.2) is 5.38 Å². The highest BCUT2D eigenvalue weighted by Gasteiger charge is 2.26. The highest BCUT2D eigenvalue weighted by molar-refractivity contribution is 7.13. The molecule has 0 bridgehead atoms. The summed E-state index contributed by atoms with van der Waals surface area (Å²) in [6.45, 7) is 5.51. The number of nitrogens with zero attached hydrogens (tertiary/aromatic N) is 1. The molecule has 1 aromatic rings. The summed E-state index contributed by atoms with van der Waals surface area (Å²) in [5.74, 6) is 0.616. The monoisotopic (exact) mass is 240 g/mol. The van der Waals surface area contributed by atoms with Gasteiger partial charge in [0, 0.05) is 11.3 Å². The van der Waals surface area contributed by atoms with Gasteiger partial charge in [-0.05, 0) is 33.6 Å². The molecule has 0 unspecified atom stereocenters. The van der Waals surface area contributed by atoms with E-state index in [0.717, 1.165) is 5.69 Å². The van der Waals surface area contributed by atoms with Crippen molar-refractivity contribution in [3.8, 4) is 0 Å². The van der Waals surface area contributed by atoms with E-state index in [1.54, 1.807) is 0 Å². The molecule has 2 rings (SSSR count). The number of aromatic nitrogens is 1. The third-order valence-corrected chi connectivity index (χ3v) is 2.90. The fourth-order valence-corrected chi connectivity index (χ4v) is 2.08. The fourth-order valence-electron chi connectivity index (χ4n) is 1.30. The standard InChI is InChI=1S/C11H16N2O2S/c1-11(2,3)15-10(14)13-9-12-8(6-16-9)7-4-5-7/h6-7H,4-5H2,1-3H3,(H,12,13,14). The third-order valence-electron chi connectivity index (χ3n) is 2.13.